The van der Waals surface area contributed by atoms with Gasteiger partial charge < -0.3 is 4.90 Å². The molecule has 1 fully saturated rings. The van der Waals surface area contributed by atoms with E-state index in [0.717, 1.165) is 25.9 Å². The van der Waals surface area contributed by atoms with Crippen molar-refractivity contribution in [1.82, 2.24) is 10.2 Å². The number of nitro benzene ring substituents is 1. The summed E-state index contributed by atoms with van der Waals surface area (Å²) in [5, 5.41) is 13.8. The molecule has 1 aromatic rings. The molecule has 1 saturated heterocycles. The largest absolute Gasteiger partial charge is 0.349 e. The van der Waals surface area contributed by atoms with Crippen molar-refractivity contribution in [3.05, 3.63) is 46.0 Å². The van der Waals surface area contributed by atoms with Gasteiger partial charge in [-0.05, 0) is 43.1 Å². The quantitative estimate of drug-likeness (QED) is 0.401. The van der Waals surface area contributed by atoms with Crippen LogP contribution in [0, 0.1) is 10.1 Å². The molecular formula is C15H17N3O3S. The fourth-order valence-corrected chi connectivity index (χ4v) is 2.52. The van der Waals surface area contributed by atoms with Crippen molar-refractivity contribution in [1.29, 1.82) is 0 Å². The highest BCUT2D eigenvalue weighted by Gasteiger charge is 2.14. The number of nitrogens with one attached hydrogen (secondary N) is 1. The molecule has 0 bridgehead atoms. The van der Waals surface area contributed by atoms with Crippen LogP contribution >= 0.6 is 12.2 Å². The third-order valence-electron chi connectivity index (χ3n) is 3.38. The van der Waals surface area contributed by atoms with Crippen LogP contribution in [-0.4, -0.2) is 33.9 Å². The van der Waals surface area contributed by atoms with Crippen LogP contribution in [0.1, 0.15) is 24.8 Å². The van der Waals surface area contributed by atoms with Crippen LogP contribution in [0.5, 0.6) is 0 Å². The summed E-state index contributed by atoms with van der Waals surface area (Å²) in [5.41, 5.74) is 0.583. The molecule has 0 unspecified atom stereocenters. The maximum absolute atomic E-state index is 11.8. The molecule has 1 N–H and O–H groups in total. The number of rotatable bonds is 3. The first-order chi connectivity index (χ1) is 10.6. The van der Waals surface area contributed by atoms with E-state index in [2.05, 4.69) is 5.32 Å². The lowest BCUT2D eigenvalue weighted by Crippen LogP contribution is -2.44. The summed E-state index contributed by atoms with van der Waals surface area (Å²) in [6, 6.07) is 6.09. The van der Waals surface area contributed by atoms with Crippen LogP contribution in [-0.2, 0) is 4.79 Å². The van der Waals surface area contributed by atoms with Crippen LogP contribution in [0.15, 0.2) is 30.3 Å². The van der Waals surface area contributed by atoms with Crippen LogP contribution in [0.25, 0.3) is 6.08 Å². The van der Waals surface area contributed by atoms with Crippen LogP contribution in [0.2, 0.25) is 0 Å². The predicted molar refractivity (Wildman–Crippen MR) is 88.3 cm³/mol. The van der Waals surface area contributed by atoms with Gasteiger partial charge in [-0.2, -0.15) is 0 Å². The molecule has 1 heterocycles. The average Bonchev–Trinajstić information content (AvgIpc) is 2.54. The molecule has 1 aliphatic rings. The van der Waals surface area contributed by atoms with E-state index in [1.54, 1.807) is 12.1 Å². The lowest BCUT2D eigenvalue weighted by Gasteiger charge is -2.28. The number of nitrogens with zero attached hydrogens (tertiary/aromatic N) is 2. The SMILES string of the molecule is O=C(/C=C/c1cccc([N+](=O)[O-])c1)NC(=S)N1CCCCC1. The molecule has 22 heavy (non-hydrogen) atoms. The Morgan fingerprint density at radius 1 is 1.32 bits per heavy atom. The van der Waals surface area contributed by atoms with E-state index in [-0.39, 0.29) is 11.6 Å². The number of nitro groups is 1. The summed E-state index contributed by atoms with van der Waals surface area (Å²) in [5.74, 6) is -0.331. The fourth-order valence-electron chi connectivity index (χ4n) is 2.24. The van der Waals surface area contributed by atoms with Gasteiger partial charge in [-0.3, -0.25) is 20.2 Å². The number of carbonyl (C=O) groups is 1. The zero-order chi connectivity index (χ0) is 15.9. The molecule has 7 heteroatoms. The molecule has 1 amide bonds. The second-order valence-corrected chi connectivity index (χ2v) is 5.41. The van der Waals surface area contributed by atoms with Crippen molar-refractivity contribution in [3.63, 3.8) is 0 Å². The normalized spacial score (nSPS) is 14.8. The van der Waals surface area contributed by atoms with Crippen molar-refractivity contribution in [3.8, 4) is 0 Å². The topological polar surface area (TPSA) is 75.5 Å². The second-order valence-electron chi connectivity index (χ2n) is 5.03. The number of hydrogen-bond acceptors (Lipinski definition) is 4. The van der Waals surface area contributed by atoms with E-state index < -0.39 is 4.92 Å². The highest BCUT2D eigenvalue weighted by Crippen LogP contribution is 2.14. The van der Waals surface area contributed by atoms with Gasteiger partial charge in [0.25, 0.3) is 5.69 Å². The minimum atomic E-state index is -0.469. The minimum absolute atomic E-state index is 0.00797. The molecule has 6 nitrogen and oxygen atoms in total. The fraction of sp³-hybridized carbons (Fsp3) is 0.333. The number of non-ortho nitro benzene ring substituents is 1. The predicted octanol–water partition coefficient (Wildman–Crippen LogP) is 2.50. The number of piperidine rings is 1. The minimum Gasteiger partial charge on any atom is -0.349 e. The Bertz CT molecular complexity index is 610. The molecular weight excluding hydrogens is 302 g/mol. The average molecular weight is 319 g/mol. The Balaban J connectivity index is 1.92. The zero-order valence-corrected chi connectivity index (χ0v) is 12.8. The lowest BCUT2D eigenvalue weighted by atomic mass is 10.1. The smallest absolute Gasteiger partial charge is 0.270 e. The van der Waals surface area contributed by atoms with Gasteiger partial charge in [0, 0.05) is 31.3 Å². The van der Waals surface area contributed by atoms with Crippen molar-refractivity contribution >= 4 is 35.0 Å². The zero-order valence-electron chi connectivity index (χ0n) is 12.0. The first kappa shape index (κ1) is 16.1. The summed E-state index contributed by atoms with van der Waals surface area (Å²) in [7, 11) is 0. The summed E-state index contributed by atoms with van der Waals surface area (Å²) < 4.78 is 0. The number of benzene rings is 1. The van der Waals surface area contributed by atoms with Crippen molar-refractivity contribution in [2.45, 2.75) is 19.3 Å². The number of carbonyl (C=O) groups excluding carboxylic acids is 1. The van der Waals surface area contributed by atoms with Gasteiger partial charge in [0.2, 0.25) is 5.91 Å². The van der Waals surface area contributed by atoms with E-state index >= 15 is 0 Å². The maximum Gasteiger partial charge on any atom is 0.270 e. The van der Waals surface area contributed by atoms with Gasteiger partial charge in [-0.1, -0.05) is 12.1 Å². The number of thiocarbonyl (C=S) groups is 1. The summed E-state index contributed by atoms with van der Waals surface area (Å²) >= 11 is 5.21. The monoisotopic (exact) mass is 319 g/mol. The Morgan fingerprint density at radius 3 is 2.73 bits per heavy atom. The Labute approximate surface area is 134 Å². The molecule has 0 atom stereocenters. The summed E-state index contributed by atoms with van der Waals surface area (Å²) in [6.07, 6.45) is 6.22. The van der Waals surface area contributed by atoms with E-state index in [0.29, 0.717) is 10.7 Å². The molecule has 1 aromatic carbocycles. The second kappa shape index (κ2) is 7.65. The number of hydrogen-bond donors (Lipinski definition) is 1. The van der Waals surface area contributed by atoms with E-state index in [1.807, 2.05) is 4.90 Å². The Morgan fingerprint density at radius 2 is 2.05 bits per heavy atom. The number of amides is 1. The third kappa shape index (κ3) is 4.63. The molecule has 0 aliphatic carbocycles. The molecule has 2 rings (SSSR count). The Kier molecular flexibility index (Phi) is 5.60. The van der Waals surface area contributed by atoms with Crippen LogP contribution in [0.3, 0.4) is 0 Å². The summed E-state index contributed by atoms with van der Waals surface area (Å²) in [4.78, 5) is 24.0. The van der Waals surface area contributed by atoms with Crippen molar-refractivity contribution in [2.24, 2.45) is 0 Å². The molecule has 116 valence electrons. The van der Waals surface area contributed by atoms with E-state index in [9.17, 15) is 14.9 Å². The summed E-state index contributed by atoms with van der Waals surface area (Å²) in [6.45, 7) is 1.74. The molecule has 0 aromatic heterocycles. The van der Waals surface area contributed by atoms with Gasteiger partial charge in [-0.25, -0.2) is 0 Å². The highest BCUT2D eigenvalue weighted by molar-refractivity contribution is 7.80. The Hall–Kier alpha value is -2.28. The third-order valence-corrected chi connectivity index (χ3v) is 3.74. The molecule has 0 radical (unpaired) electrons. The first-order valence-electron chi connectivity index (χ1n) is 7.09. The van der Waals surface area contributed by atoms with Crippen LogP contribution in [0.4, 0.5) is 5.69 Å². The molecule has 0 saturated carbocycles. The van der Waals surface area contributed by atoms with Crippen molar-refractivity contribution in [2.75, 3.05) is 13.1 Å². The molecule has 0 spiro atoms. The maximum atomic E-state index is 11.8. The van der Waals surface area contributed by atoms with Gasteiger partial charge in [0.05, 0.1) is 4.92 Å². The van der Waals surface area contributed by atoms with Crippen molar-refractivity contribution < 1.29 is 9.72 Å². The number of likely N-dealkylation sites (tertiary alicyclic amines) is 1. The van der Waals surface area contributed by atoms with E-state index in [1.165, 1.54) is 30.7 Å². The van der Waals surface area contributed by atoms with Gasteiger partial charge >= 0.3 is 0 Å². The standard InChI is InChI=1S/C15H17N3O3S/c19-14(16-15(22)17-9-2-1-3-10-17)8-7-12-5-4-6-13(11-12)18(20)21/h4-8,11H,1-3,9-10H2,(H,16,19,22)/b8-7+. The van der Waals surface area contributed by atoms with Gasteiger partial charge in [-0.15, -0.1) is 0 Å². The first-order valence-corrected chi connectivity index (χ1v) is 7.49. The highest BCUT2D eigenvalue weighted by atomic mass is 32.1. The van der Waals surface area contributed by atoms with E-state index in [4.69, 9.17) is 12.2 Å². The van der Waals surface area contributed by atoms with Gasteiger partial charge in [0.1, 0.15) is 0 Å². The van der Waals surface area contributed by atoms with Crippen LogP contribution < -0.4 is 5.32 Å². The molecule has 1 aliphatic heterocycles. The lowest BCUT2D eigenvalue weighted by molar-refractivity contribution is -0.384. The van der Waals surface area contributed by atoms with Gasteiger partial charge in [0.15, 0.2) is 5.11 Å².